The molecule has 2 rings (SSSR count). The molecular weight excluding hydrogens is 258 g/mol. The molecule has 0 spiro atoms. The Balaban J connectivity index is 2.00. The number of nitrogens with zero attached hydrogens (tertiary/aromatic N) is 2. The highest BCUT2D eigenvalue weighted by Crippen LogP contribution is 2.18. The highest BCUT2D eigenvalue weighted by Gasteiger charge is 2.18. The predicted octanol–water partition coefficient (Wildman–Crippen LogP) is 2.40. The second kappa shape index (κ2) is 5.73. The zero-order valence-corrected chi connectivity index (χ0v) is 11.9. The summed E-state index contributed by atoms with van der Waals surface area (Å²) in [7, 11) is 0. The molecule has 0 bridgehead atoms. The minimum absolute atomic E-state index is 0.304. The summed E-state index contributed by atoms with van der Waals surface area (Å²) in [5.74, 6) is 0.665. The van der Waals surface area contributed by atoms with Gasteiger partial charge >= 0.3 is 0 Å². The van der Waals surface area contributed by atoms with Gasteiger partial charge in [-0.05, 0) is 56.1 Å². The smallest absolute Gasteiger partial charge is 0.266 e. The highest BCUT2D eigenvalue weighted by molar-refractivity contribution is 5.93. The Labute approximate surface area is 117 Å². The monoisotopic (exact) mass is 275 g/mol. The molecule has 0 saturated heterocycles. The third-order valence-corrected chi connectivity index (χ3v) is 3.05. The fourth-order valence-electron chi connectivity index (χ4n) is 1.61. The van der Waals surface area contributed by atoms with Crippen LogP contribution in [0.2, 0.25) is 0 Å². The van der Waals surface area contributed by atoms with Crippen molar-refractivity contribution in [2.45, 2.75) is 33.8 Å². The Kier molecular flexibility index (Phi) is 4.02. The summed E-state index contributed by atoms with van der Waals surface area (Å²) >= 11 is 0. The molecule has 20 heavy (non-hydrogen) atoms. The Hall–Kier alpha value is -2.37. The zero-order chi connectivity index (χ0) is 14.7. The number of nitrogens with one attached hydrogen (secondary N) is 1. The van der Waals surface area contributed by atoms with Crippen LogP contribution in [0.15, 0.2) is 22.8 Å². The second-order valence-corrected chi connectivity index (χ2v) is 4.69. The molecule has 0 aliphatic carbocycles. The summed E-state index contributed by atoms with van der Waals surface area (Å²) in [6.45, 7) is 7.39. The lowest BCUT2D eigenvalue weighted by Crippen LogP contribution is -2.30. The first-order valence-corrected chi connectivity index (χ1v) is 6.31. The number of carbonyl (C=O) groups excluding carboxylic acids is 1. The van der Waals surface area contributed by atoms with E-state index in [1.165, 1.54) is 5.56 Å². The van der Waals surface area contributed by atoms with Crippen molar-refractivity contribution in [3.8, 4) is 5.75 Å². The molecular formula is C14H17N3O3. The number of aryl methyl sites for hydroxylation is 3. The highest BCUT2D eigenvalue weighted by atomic mass is 16.6. The van der Waals surface area contributed by atoms with E-state index in [4.69, 9.17) is 4.74 Å². The molecule has 1 atom stereocenters. The first-order chi connectivity index (χ1) is 9.47. The number of benzene rings is 1. The number of rotatable bonds is 4. The molecule has 106 valence electrons. The Bertz CT molecular complexity index is 622. The van der Waals surface area contributed by atoms with Gasteiger partial charge in [-0.15, -0.1) is 0 Å². The van der Waals surface area contributed by atoms with Crippen molar-refractivity contribution in [2.75, 3.05) is 5.32 Å². The van der Waals surface area contributed by atoms with Gasteiger partial charge in [0.15, 0.2) is 11.9 Å². The molecule has 2 aromatic rings. The van der Waals surface area contributed by atoms with Crippen LogP contribution in [0.1, 0.15) is 23.7 Å². The fourth-order valence-corrected chi connectivity index (χ4v) is 1.61. The van der Waals surface area contributed by atoms with Crippen LogP contribution >= 0.6 is 0 Å². The average Bonchev–Trinajstić information content (AvgIpc) is 2.79. The maximum absolute atomic E-state index is 12.0. The molecule has 0 fully saturated rings. The Morgan fingerprint density at radius 2 is 2.00 bits per heavy atom. The van der Waals surface area contributed by atoms with Crippen LogP contribution < -0.4 is 10.1 Å². The van der Waals surface area contributed by atoms with Gasteiger partial charge in [-0.2, -0.15) is 0 Å². The van der Waals surface area contributed by atoms with E-state index in [1.54, 1.807) is 13.8 Å². The summed E-state index contributed by atoms with van der Waals surface area (Å²) in [5.41, 5.74) is 2.82. The first kappa shape index (κ1) is 14.0. The van der Waals surface area contributed by atoms with Crippen LogP contribution in [0, 0.1) is 20.8 Å². The molecule has 1 aromatic heterocycles. The predicted molar refractivity (Wildman–Crippen MR) is 73.7 cm³/mol. The second-order valence-electron chi connectivity index (χ2n) is 4.69. The van der Waals surface area contributed by atoms with E-state index in [0.29, 0.717) is 17.3 Å². The summed E-state index contributed by atoms with van der Waals surface area (Å²) in [4.78, 5) is 12.0. The molecule has 0 radical (unpaired) electrons. The van der Waals surface area contributed by atoms with E-state index >= 15 is 0 Å². The zero-order valence-electron chi connectivity index (χ0n) is 11.9. The van der Waals surface area contributed by atoms with Crippen molar-refractivity contribution >= 4 is 11.7 Å². The van der Waals surface area contributed by atoms with E-state index < -0.39 is 6.10 Å². The number of hydrogen-bond acceptors (Lipinski definition) is 5. The third-order valence-electron chi connectivity index (χ3n) is 3.05. The van der Waals surface area contributed by atoms with Gasteiger partial charge in [0.1, 0.15) is 11.4 Å². The quantitative estimate of drug-likeness (QED) is 0.927. The van der Waals surface area contributed by atoms with Crippen molar-refractivity contribution in [1.82, 2.24) is 10.3 Å². The third kappa shape index (κ3) is 3.14. The van der Waals surface area contributed by atoms with Gasteiger partial charge in [0.2, 0.25) is 0 Å². The lowest BCUT2D eigenvalue weighted by Gasteiger charge is -2.14. The molecule has 1 aromatic carbocycles. The minimum Gasteiger partial charge on any atom is -0.481 e. The summed E-state index contributed by atoms with van der Waals surface area (Å²) in [6, 6.07) is 5.71. The fraction of sp³-hybridized carbons (Fsp3) is 0.357. The number of aromatic nitrogens is 2. The maximum atomic E-state index is 12.0. The lowest BCUT2D eigenvalue weighted by molar-refractivity contribution is -0.122. The normalized spacial score (nSPS) is 12.0. The number of hydrogen-bond donors (Lipinski definition) is 1. The van der Waals surface area contributed by atoms with E-state index in [2.05, 4.69) is 20.3 Å². The molecule has 0 aliphatic heterocycles. The van der Waals surface area contributed by atoms with Crippen molar-refractivity contribution in [2.24, 2.45) is 0 Å². The van der Waals surface area contributed by atoms with Crippen molar-refractivity contribution in [3.05, 3.63) is 35.0 Å². The SMILES string of the molecule is Cc1ccc(O[C@H](C)C(=O)Nc2nonc2C)cc1C. The molecule has 0 unspecified atom stereocenters. The Morgan fingerprint density at radius 1 is 1.25 bits per heavy atom. The topological polar surface area (TPSA) is 77.2 Å². The van der Waals surface area contributed by atoms with E-state index in [1.807, 2.05) is 32.0 Å². The van der Waals surface area contributed by atoms with Crippen LogP contribution in [0.4, 0.5) is 5.82 Å². The van der Waals surface area contributed by atoms with E-state index in [9.17, 15) is 4.79 Å². The molecule has 6 nitrogen and oxygen atoms in total. The van der Waals surface area contributed by atoms with Gasteiger partial charge in [-0.3, -0.25) is 4.79 Å². The van der Waals surface area contributed by atoms with Gasteiger partial charge < -0.3 is 10.1 Å². The largest absolute Gasteiger partial charge is 0.481 e. The van der Waals surface area contributed by atoms with E-state index in [0.717, 1.165) is 5.56 Å². The van der Waals surface area contributed by atoms with Crippen LogP contribution in [-0.2, 0) is 4.79 Å². The maximum Gasteiger partial charge on any atom is 0.266 e. The van der Waals surface area contributed by atoms with Crippen molar-refractivity contribution in [1.29, 1.82) is 0 Å². The van der Waals surface area contributed by atoms with Crippen molar-refractivity contribution in [3.63, 3.8) is 0 Å². The number of ether oxygens (including phenoxy) is 1. The Morgan fingerprint density at radius 3 is 2.60 bits per heavy atom. The standard InChI is InChI=1S/C14H17N3O3/c1-8-5-6-12(7-9(8)2)19-11(4)14(18)15-13-10(3)16-20-17-13/h5-7,11H,1-4H3,(H,15,17,18)/t11-/m1/s1. The van der Waals surface area contributed by atoms with Crippen molar-refractivity contribution < 1.29 is 14.2 Å². The van der Waals surface area contributed by atoms with Gasteiger partial charge in [-0.25, -0.2) is 4.63 Å². The molecule has 1 heterocycles. The molecule has 0 aliphatic rings. The van der Waals surface area contributed by atoms with Crippen LogP contribution in [0.5, 0.6) is 5.75 Å². The molecule has 1 amide bonds. The summed E-state index contributed by atoms with van der Waals surface area (Å²) < 4.78 is 10.1. The lowest BCUT2D eigenvalue weighted by atomic mass is 10.1. The summed E-state index contributed by atoms with van der Waals surface area (Å²) in [5, 5.41) is 9.79. The molecule has 0 saturated carbocycles. The van der Waals surface area contributed by atoms with Gasteiger partial charge in [0.25, 0.3) is 5.91 Å². The summed E-state index contributed by atoms with van der Waals surface area (Å²) in [6.07, 6.45) is -0.645. The van der Waals surface area contributed by atoms with Crippen LogP contribution in [-0.4, -0.2) is 22.3 Å². The van der Waals surface area contributed by atoms with Gasteiger partial charge in [-0.1, -0.05) is 11.2 Å². The first-order valence-electron chi connectivity index (χ1n) is 6.31. The van der Waals surface area contributed by atoms with E-state index in [-0.39, 0.29) is 5.91 Å². The van der Waals surface area contributed by atoms with Gasteiger partial charge in [0, 0.05) is 0 Å². The molecule has 1 N–H and O–H groups in total. The minimum atomic E-state index is -0.645. The van der Waals surface area contributed by atoms with Gasteiger partial charge in [0.05, 0.1) is 0 Å². The number of anilines is 1. The van der Waals surface area contributed by atoms with Crippen LogP contribution in [0.25, 0.3) is 0 Å². The van der Waals surface area contributed by atoms with Crippen LogP contribution in [0.3, 0.4) is 0 Å². The number of carbonyl (C=O) groups is 1. The number of amides is 1. The molecule has 6 heteroatoms. The average molecular weight is 275 g/mol.